The van der Waals surface area contributed by atoms with Gasteiger partial charge in [-0.1, -0.05) is 29.8 Å². The summed E-state index contributed by atoms with van der Waals surface area (Å²) in [5.74, 6) is -2.06. The molecule has 0 atom stereocenters. The molecule has 1 heterocycles. The normalized spacial score (nSPS) is 12.8. The third-order valence-corrected chi connectivity index (χ3v) is 8.85. The molecule has 1 aliphatic carbocycles. The van der Waals surface area contributed by atoms with E-state index in [9.17, 15) is 27.6 Å². The number of benzene rings is 2. The monoisotopic (exact) mass is 583 g/mol. The van der Waals surface area contributed by atoms with Crippen LogP contribution in [0, 0.1) is 6.92 Å². The molecule has 0 saturated heterocycles. The van der Waals surface area contributed by atoms with E-state index in [-0.39, 0.29) is 16.6 Å². The van der Waals surface area contributed by atoms with E-state index in [1.54, 1.807) is 12.1 Å². The lowest BCUT2D eigenvalue weighted by molar-refractivity contribution is -0.146. The molecule has 2 aromatic carbocycles. The number of rotatable bonds is 10. The maximum Gasteiger partial charge on any atom is 0.321 e. The second kappa shape index (κ2) is 12.5. The highest BCUT2D eigenvalue weighted by Crippen LogP contribution is 2.39. The summed E-state index contributed by atoms with van der Waals surface area (Å²) in [4.78, 5) is 50.3. The van der Waals surface area contributed by atoms with Gasteiger partial charge in [0.2, 0.25) is 15.9 Å². The van der Waals surface area contributed by atoms with Gasteiger partial charge in [0, 0.05) is 23.1 Å². The van der Waals surface area contributed by atoms with Crippen molar-refractivity contribution in [2.75, 3.05) is 23.8 Å². The summed E-state index contributed by atoms with van der Waals surface area (Å²) in [6.45, 7) is 1.93. The second-order valence-corrected chi connectivity index (χ2v) is 12.2. The molecule has 1 aromatic heterocycles. The van der Waals surface area contributed by atoms with Gasteiger partial charge in [-0.15, -0.1) is 11.3 Å². The molecule has 1 aliphatic rings. The zero-order chi connectivity index (χ0) is 28.9. The standard InChI is InChI=1S/C28H29N3O7S2/c1-17-7-9-19(10-8-17)27(35)26-22-5-3-4-6-23(22)39-28(26)31-24(33)16-38-25(34)15-29-40(36,37)21-13-11-20(12-14-21)30-18(2)32/h7-14,29H,3-6,15-16H2,1-2H3,(H,30,32)(H,31,33). The quantitative estimate of drug-likeness (QED) is 0.244. The Labute approximate surface area is 236 Å². The minimum Gasteiger partial charge on any atom is -0.455 e. The molecule has 0 aliphatic heterocycles. The van der Waals surface area contributed by atoms with Crippen LogP contribution in [0.25, 0.3) is 0 Å². The third kappa shape index (κ3) is 7.20. The second-order valence-electron chi connectivity index (χ2n) is 9.35. The van der Waals surface area contributed by atoms with Gasteiger partial charge in [0.25, 0.3) is 5.91 Å². The van der Waals surface area contributed by atoms with E-state index in [1.165, 1.54) is 42.5 Å². The van der Waals surface area contributed by atoms with E-state index in [0.717, 1.165) is 41.7 Å². The Morgan fingerprint density at radius 2 is 1.60 bits per heavy atom. The van der Waals surface area contributed by atoms with Gasteiger partial charge in [-0.25, -0.2) is 8.42 Å². The molecule has 210 valence electrons. The van der Waals surface area contributed by atoms with E-state index in [1.807, 2.05) is 19.1 Å². The zero-order valence-electron chi connectivity index (χ0n) is 22.0. The fourth-order valence-corrected chi connectivity index (χ4v) is 6.53. The van der Waals surface area contributed by atoms with Crippen LogP contribution in [0.3, 0.4) is 0 Å². The Hall–Kier alpha value is -3.87. The molecule has 12 heteroatoms. The van der Waals surface area contributed by atoms with Gasteiger partial charge in [0.1, 0.15) is 11.5 Å². The lowest BCUT2D eigenvalue weighted by Gasteiger charge is -2.13. The summed E-state index contributed by atoms with van der Waals surface area (Å²) in [6, 6.07) is 12.6. The molecular formula is C28H29N3O7S2. The number of hydrogen-bond acceptors (Lipinski definition) is 8. The molecule has 0 bridgehead atoms. The summed E-state index contributed by atoms with van der Waals surface area (Å²) in [5, 5.41) is 5.66. The Morgan fingerprint density at radius 1 is 0.925 bits per heavy atom. The van der Waals surface area contributed by atoms with Crippen molar-refractivity contribution in [1.29, 1.82) is 0 Å². The average molecular weight is 584 g/mol. The summed E-state index contributed by atoms with van der Waals surface area (Å²) < 4.78 is 32.0. The number of anilines is 2. The van der Waals surface area contributed by atoms with Crippen LogP contribution in [0.5, 0.6) is 0 Å². The first-order valence-corrected chi connectivity index (χ1v) is 14.9. The van der Waals surface area contributed by atoms with Crippen molar-refractivity contribution < 1.29 is 32.3 Å². The maximum absolute atomic E-state index is 13.4. The van der Waals surface area contributed by atoms with Crippen LogP contribution in [0.2, 0.25) is 0 Å². The highest BCUT2D eigenvalue weighted by atomic mass is 32.2. The summed E-state index contributed by atoms with van der Waals surface area (Å²) in [6.07, 6.45) is 3.54. The van der Waals surface area contributed by atoms with Gasteiger partial charge in [0.15, 0.2) is 12.4 Å². The molecule has 3 aromatic rings. The molecule has 2 amide bonds. The van der Waals surface area contributed by atoms with Crippen LogP contribution >= 0.6 is 11.3 Å². The summed E-state index contributed by atoms with van der Waals surface area (Å²) in [5.41, 5.74) is 3.40. The Morgan fingerprint density at radius 3 is 2.27 bits per heavy atom. The summed E-state index contributed by atoms with van der Waals surface area (Å²) >= 11 is 1.36. The number of ether oxygens (including phenoxy) is 1. The number of fused-ring (bicyclic) bond motifs is 1. The highest BCUT2D eigenvalue weighted by molar-refractivity contribution is 7.89. The van der Waals surface area contributed by atoms with Crippen molar-refractivity contribution in [3.8, 4) is 0 Å². The number of ketones is 1. The lowest BCUT2D eigenvalue weighted by atomic mass is 9.91. The number of hydrogen-bond donors (Lipinski definition) is 3. The Balaban J connectivity index is 1.36. The van der Waals surface area contributed by atoms with Crippen LogP contribution < -0.4 is 15.4 Å². The Bertz CT molecular complexity index is 1540. The lowest BCUT2D eigenvalue weighted by Crippen LogP contribution is -2.32. The molecular weight excluding hydrogens is 554 g/mol. The van der Waals surface area contributed by atoms with Crippen LogP contribution in [0.1, 0.15) is 51.7 Å². The van der Waals surface area contributed by atoms with Gasteiger partial charge < -0.3 is 15.4 Å². The SMILES string of the molecule is CC(=O)Nc1ccc(S(=O)(=O)NCC(=O)OCC(=O)Nc2sc3c(c2C(=O)c2ccc(C)cc2)CCCC3)cc1. The fourth-order valence-electron chi connectivity index (χ4n) is 4.26. The first kappa shape index (κ1) is 29.1. The number of thiophene rings is 1. The minimum atomic E-state index is -4.03. The number of carbonyl (C=O) groups excluding carboxylic acids is 4. The largest absolute Gasteiger partial charge is 0.455 e. The molecule has 0 fully saturated rings. The molecule has 10 nitrogen and oxygen atoms in total. The number of aryl methyl sites for hydroxylation is 2. The molecule has 0 saturated carbocycles. The van der Waals surface area contributed by atoms with Crippen molar-refractivity contribution in [1.82, 2.24) is 4.72 Å². The van der Waals surface area contributed by atoms with Crippen molar-refractivity contribution >= 4 is 55.6 Å². The fraction of sp³-hybridized carbons (Fsp3) is 0.286. The third-order valence-electron chi connectivity index (χ3n) is 6.22. The molecule has 0 radical (unpaired) electrons. The van der Waals surface area contributed by atoms with E-state index in [4.69, 9.17) is 4.74 Å². The van der Waals surface area contributed by atoms with E-state index in [0.29, 0.717) is 21.8 Å². The summed E-state index contributed by atoms with van der Waals surface area (Å²) in [7, 11) is -4.03. The molecule has 4 rings (SSSR count). The number of esters is 1. The first-order valence-electron chi connectivity index (χ1n) is 12.6. The Kier molecular flexibility index (Phi) is 9.13. The van der Waals surface area contributed by atoms with Crippen molar-refractivity contribution in [2.24, 2.45) is 0 Å². The van der Waals surface area contributed by atoms with Gasteiger partial charge in [0.05, 0.1) is 10.5 Å². The maximum atomic E-state index is 13.4. The van der Waals surface area contributed by atoms with Gasteiger partial charge in [-0.3, -0.25) is 19.2 Å². The van der Waals surface area contributed by atoms with Crippen LogP contribution in [0.15, 0.2) is 53.4 Å². The molecule has 3 N–H and O–H groups in total. The minimum absolute atomic E-state index is 0.111. The predicted octanol–water partition coefficient (Wildman–Crippen LogP) is 3.58. The number of sulfonamides is 1. The zero-order valence-corrected chi connectivity index (χ0v) is 23.7. The van der Waals surface area contributed by atoms with Gasteiger partial charge >= 0.3 is 5.97 Å². The van der Waals surface area contributed by atoms with E-state index < -0.39 is 35.1 Å². The average Bonchev–Trinajstić information content (AvgIpc) is 3.28. The van der Waals surface area contributed by atoms with Crippen molar-refractivity contribution in [3.63, 3.8) is 0 Å². The highest BCUT2D eigenvalue weighted by Gasteiger charge is 2.27. The number of nitrogens with one attached hydrogen (secondary N) is 3. The first-order chi connectivity index (χ1) is 19.0. The van der Waals surface area contributed by atoms with Crippen molar-refractivity contribution in [2.45, 2.75) is 44.4 Å². The van der Waals surface area contributed by atoms with Crippen LogP contribution in [0.4, 0.5) is 10.7 Å². The number of amides is 2. The van der Waals surface area contributed by atoms with Gasteiger partial charge in [-0.05, 0) is 62.4 Å². The van der Waals surface area contributed by atoms with Gasteiger partial charge in [-0.2, -0.15) is 4.72 Å². The predicted molar refractivity (Wildman–Crippen MR) is 151 cm³/mol. The molecule has 40 heavy (non-hydrogen) atoms. The molecule has 0 spiro atoms. The molecule has 0 unspecified atom stereocenters. The van der Waals surface area contributed by atoms with Crippen LogP contribution in [-0.4, -0.2) is 45.1 Å². The van der Waals surface area contributed by atoms with E-state index in [2.05, 4.69) is 15.4 Å². The van der Waals surface area contributed by atoms with Crippen LogP contribution in [-0.2, 0) is 42.0 Å². The smallest absolute Gasteiger partial charge is 0.321 e. The van der Waals surface area contributed by atoms with E-state index >= 15 is 0 Å². The van der Waals surface area contributed by atoms with Crippen molar-refractivity contribution in [3.05, 3.63) is 75.7 Å². The topological polar surface area (TPSA) is 148 Å². The number of carbonyl (C=O) groups is 4.